The Morgan fingerprint density at radius 1 is 1.20 bits per heavy atom. The normalized spacial score (nSPS) is 12.4. The summed E-state index contributed by atoms with van der Waals surface area (Å²) in [6.07, 6.45) is 2.31. The molecule has 15 heavy (non-hydrogen) atoms. The number of likely N-dealkylation sites (N-methyl/N-ethyl adjacent to an activating group) is 1. The van der Waals surface area contributed by atoms with Crippen LogP contribution in [0.15, 0.2) is 0 Å². The van der Waals surface area contributed by atoms with Crippen LogP contribution in [0.25, 0.3) is 0 Å². The molecule has 0 rings (SSSR count). The molecule has 0 aromatic heterocycles. The Kier molecular flexibility index (Phi) is 8.02. The lowest BCUT2D eigenvalue weighted by Gasteiger charge is -2.28. The average Bonchev–Trinajstić information content (AvgIpc) is 2.22. The topological polar surface area (TPSA) is 24.5 Å². The van der Waals surface area contributed by atoms with Crippen LogP contribution in [0, 0.1) is 0 Å². The fraction of sp³-hybridized carbons (Fsp3) is 1.00. The molecule has 0 fully saturated rings. The smallest absolute Gasteiger partial charge is 0.0634 e. The van der Waals surface area contributed by atoms with Crippen molar-refractivity contribution in [2.75, 3.05) is 40.3 Å². The molecule has 0 bridgehead atoms. The van der Waals surface area contributed by atoms with Crippen molar-refractivity contribution in [1.29, 1.82) is 0 Å². The van der Waals surface area contributed by atoms with E-state index in [0.717, 1.165) is 26.1 Å². The maximum absolute atomic E-state index is 5.43. The molecule has 0 aliphatic carbocycles. The molecule has 3 heteroatoms. The first-order valence-corrected chi connectivity index (χ1v) is 5.98. The van der Waals surface area contributed by atoms with E-state index in [4.69, 9.17) is 4.74 Å². The van der Waals surface area contributed by atoms with Gasteiger partial charge in [0.15, 0.2) is 0 Å². The summed E-state index contributed by atoms with van der Waals surface area (Å²) in [6.45, 7) is 11.0. The number of hydrogen-bond donors (Lipinski definition) is 1. The van der Waals surface area contributed by atoms with Crippen molar-refractivity contribution in [1.82, 2.24) is 10.2 Å². The second kappa shape index (κ2) is 8.08. The summed E-state index contributed by atoms with van der Waals surface area (Å²) in [7, 11) is 3.79. The van der Waals surface area contributed by atoms with Crippen molar-refractivity contribution in [2.45, 2.75) is 39.2 Å². The lowest BCUT2D eigenvalue weighted by molar-refractivity contribution is 0.00752. The van der Waals surface area contributed by atoms with Crippen molar-refractivity contribution in [3.63, 3.8) is 0 Å². The zero-order chi connectivity index (χ0) is 11.7. The highest BCUT2D eigenvalue weighted by atomic mass is 16.5. The zero-order valence-electron chi connectivity index (χ0n) is 11.1. The predicted molar refractivity (Wildman–Crippen MR) is 66.4 cm³/mol. The first-order valence-electron chi connectivity index (χ1n) is 5.98. The minimum absolute atomic E-state index is 0.00559. The standard InChI is InChI=1S/C12H28N2O/c1-6-9-14(11-8-13-4)10-7-12(2,3)15-5/h13H,6-11H2,1-5H3. The third-order valence-electron chi connectivity index (χ3n) is 2.80. The number of nitrogens with zero attached hydrogens (tertiary/aromatic N) is 1. The van der Waals surface area contributed by atoms with Crippen molar-refractivity contribution in [2.24, 2.45) is 0 Å². The minimum atomic E-state index is 0.00559. The highest BCUT2D eigenvalue weighted by Gasteiger charge is 2.17. The molecule has 0 aliphatic rings. The van der Waals surface area contributed by atoms with E-state index in [0.29, 0.717) is 0 Å². The molecule has 0 spiro atoms. The number of rotatable bonds is 9. The van der Waals surface area contributed by atoms with E-state index in [-0.39, 0.29) is 5.60 Å². The maximum Gasteiger partial charge on any atom is 0.0634 e. The predicted octanol–water partition coefficient (Wildman–Crippen LogP) is 1.73. The largest absolute Gasteiger partial charge is 0.379 e. The Hall–Kier alpha value is -0.120. The number of methoxy groups -OCH3 is 1. The summed E-state index contributed by atoms with van der Waals surface area (Å²) in [5.74, 6) is 0. The molecule has 0 heterocycles. The molecular formula is C12H28N2O. The van der Waals surface area contributed by atoms with Crippen LogP contribution in [0.3, 0.4) is 0 Å². The van der Waals surface area contributed by atoms with E-state index in [1.165, 1.54) is 13.0 Å². The van der Waals surface area contributed by atoms with Gasteiger partial charge in [0.25, 0.3) is 0 Å². The lowest BCUT2D eigenvalue weighted by Crippen LogP contribution is -2.36. The molecule has 0 aliphatic heterocycles. The van der Waals surface area contributed by atoms with Crippen molar-refractivity contribution in [3.8, 4) is 0 Å². The van der Waals surface area contributed by atoms with Gasteiger partial charge in [-0.2, -0.15) is 0 Å². The molecule has 0 saturated heterocycles. The molecule has 0 amide bonds. The summed E-state index contributed by atoms with van der Waals surface area (Å²) in [6, 6.07) is 0. The molecular weight excluding hydrogens is 188 g/mol. The van der Waals surface area contributed by atoms with Gasteiger partial charge in [0.05, 0.1) is 5.60 Å². The molecule has 0 atom stereocenters. The maximum atomic E-state index is 5.43. The Morgan fingerprint density at radius 2 is 1.87 bits per heavy atom. The molecule has 0 radical (unpaired) electrons. The van der Waals surface area contributed by atoms with Gasteiger partial charge in [0, 0.05) is 26.7 Å². The lowest BCUT2D eigenvalue weighted by atomic mass is 10.1. The molecule has 1 N–H and O–H groups in total. The highest BCUT2D eigenvalue weighted by Crippen LogP contribution is 2.13. The number of nitrogens with one attached hydrogen (secondary N) is 1. The van der Waals surface area contributed by atoms with Crippen molar-refractivity contribution < 1.29 is 4.74 Å². The van der Waals surface area contributed by atoms with Crippen LogP contribution in [-0.4, -0.2) is 50.8 Å². The quantitative estimate of drug-likeness (QED) is 0.635. The van der Waals surface area contributed by atoms with Gasteiger partial charge < -0.3 is 15.0 Å². The summed E-state index contributed by atoms with van der Waals surface area (Å²) in [5, 5.41) is 3.19. The molecule has 0 unspecified atom stereocenters. The second-order valence-electron chi connectivity index (χ2n) is 4.66. The second-order valence-corrected chi connectivity index (χ2v) is 4.66. The van der Waals surface area contributed by atoms with Crippen molar-refractivity contribution >= 4 is 0 Å². The zero-order valence-corrected chi connectivity index (χ0v) is 11.1. The molecule has 92 valence electrons. The molecule has 0 saturated carbocycles. The van der Waals surface area contributed by atoms with E-state index in [1.54, 1.807) is 7.11 Å². The Morgan fingerprint density at radius 3 is 2.33 bits per heavy atom. The fourth-order valence-corrected chi connectivity index (χ4v) is 1.45. The van der Waals surface area contributed by atoms with Crippen LogP contribution in [-0.2, 0) is 4.74 Å². The SMILES string of the molecule is CCCN(CCNC)CCC(C)(C)OC. The van der Waals surface area contributed by atoms with Gasteiger partial charge in [-0.1, -0.05) is 6.92 Å². The minimum Gasteiger partial charge on any atom is -0.379 e. The first-order chi connectivity index (χ1) is 7.05. The first kappa shape index (κ1) is 14.9. The third-order valence-corrected chi connectivity index (χ3v) is 2.80. The molecule has 0 aromatic carbocycles. The van der Waals surface area contributed by atoms with Gasteiger partial charge in [0.2, 0.25) is 0 Å². The highest BCUT2D eigenvalue weighted by molar-refractivity contribution is 4.71. The average molecular weight is 216 g/mol. The van der Waals surface area contributed by atoms with Crippen LogP contribution >= 0.6 is 0 Å². The third kappa shape index (κ3) is 7.77. The molecule has 3 nitrogen and oxygen atoms in total. The Balaban J connectivity index is 3.83. The van der Waals surface area contributed by atoms with E-state index < -0.39 is 0 Å². The van der Waals surface area contributed by atoms with Crippen LogP contribution in [0.2, 0.25) is 0 Å². The summed E-state index contributed by atoms with van der Waals surface area (Å²) < 4.78 is 5.43. The van der Waals surface area contributed by atoms with Crippen molar-refractivity contribution in [3.05, 3.63) is 0 Å². The van der Waals surface area contributed by atoms with E-state index in [1.807, 2.05) is 7.05 Å². The van der Waals surface area contributed by atoms with Gasteiger partial charge in [-0.25, -0.2) is 0 Å². The van der Waals surface area contributed by atoms with Gasteiger partial charge in [-0.15, -0.1) is 0 Å². The Bertz CT molecular complexity index is 149. The summed E-state index contributed by atoms with van der Waals surface area (Å²) in [5.41, 5.74) is 0.00559. The van der Waals surface area contributed by atoms with Crippen LogP contribution in [0.4, 0.5) is 0 Å². The summed E-state index contributed by atoms with van der Waals surface area (Å²) in [4.78, 5) is 2.50. The van der Waals surface area contributed by atoms with E-state index in [9.17, 15) is 0 Å². The number of hydrogen-bond acceptors (Lipinski definition) is 3. The van der Waals surface area contributed by atoms with Crippen LogP contribution < -0.4 is 5.32 Å². The summed E-state index contributed by atoms with van der Waals surface area (Å²) >= 11 is 0. The fourth-order valence-electron chi connectivity index (χ4n) is 1.45. The van der Waals surface area contributed by atoms with Crippen LogP contribution in [0.5, 0.6) is 0 Å². The van der Waals surface area contributed by atoms with Gasteiger partial charge in [0.1, 0.15) is 0 Å². The van der Waals surface area contributed by atoms with Gasteiger partial charge in [-0.05, 0) is 40.3 Å². The monoisotopic (exact) mass is 216 g/mol. The Labute approximate surface area is 95.2 Å². The van der Waals surface area contributed by atoms with Gasteiger partial charge >= 0.3 is 0 Å². The van der Waals surface area contributed by atoms with Gasteiger partial charge in [-0.3, -0.25) is 0 Å². The van der Waals surface area contributed by atoms with E-state index in [2.05, 4.69) is 31.0 Å². The molecule has 0 aromatic rings. The number of ether oxygens (including phenoxy) is 1. The van der Waals surface area contributed by atoms with E-state index >= 15 is 0 Å². The van der Waals surface area contributed by atoms with Crippen LogP contribution in [0.1, 0.15) is 33.6 Å².